The molecular formula is C9H2ClF9. The minimum absolute atomic E-state index is 0.195. The Bertz CT molecular complexity index is 480. The van der Waals surface area contributed by atoms with Gasteiger partial charge >= 0.3 is 18.5 Å². The van der Waals surface area contributed by atoms with Crippen LogP contribution in [0.15, 0.2) is 12.1 Å². The molecule has 0 unspecified atom stereocenters. The first-order valence-electron chi connectivity index (χ1n) is 4.29. The minimum atomic E-state index is -5.62. The maximum absolute atomic E-state index is 12.4. The van der Waals surface area contributed by atoms with Crippen LogP contribution in [-0.2, 0) is 18.5 Å². The molecule has 0 nitrogen and oxygen atoms in total. The smallest absolute Gasteiger partial charge is 0.166 e. The van der Waals surface area contributed by atoms with Crippen molar-refractivity contribution in [2.45, 2.75) is 18.5 Å². The molecule has 0 aliphatic carbocycles. The third-order valence-electron chi connectivity index (χ3n) is 2.01. The molecule has 108 valence electrons. The van der Waals surface area contributed by atoms with E-state index in [2.05, 4.69) is 0 Å². The van der Waals surface area contributed by atoms with Crippen LogP contribution >= 0.6 is 11.6 Å². The van der Waals surface area contributed by atoms with E-state index in [-0.39, 0.29) is 6.07 Å². The molecule has 0 aliphatic rings. The Morgan fingerprint density at radius 3 is 1.47 bits per heavy atom. The van der Waals surface area contributed by atoms with Gasteiger partial charge in [0.05, 0.1) is 21.7 Å². The molecule has 0 heterocycles. The molecule has 0 N–H and O–H groups in total. The summed E-state index contributed by atoms with van der Waals surface area (Å²) in [5, 5.41) is -1.66. The van der Waals surface area contributed by atoms with Gasteiger partial charge in [0.1, 0.15) is 0 Å². The van der Waals surface area contributed by atoms with Crippen LogP contribution in [0.1, 0.15) is 16.7 Å². The van der Waals surface area contributed by atoms with Gasteiger partial charge in [0, 0.05) is 0 Å². The highest BCUT2D eigenvalue weighted by molar-refractivity contribution is 6.31. The van der Waals surface area contributed by atoms with Gasteiger partial charge in [-0.15, -0.1) is 0 Å². The summed E-state index contributed by atoms with van der Waals surface area (Å²) in [6.07, 6.45) is -16.4. The Balaban J connectivity index is 3.68. The molecule has 0 atom stereocenters. The summed E-state index contributed by atoms with van der Waals surface area (Å²) < 4.78 is 111. The number of alkyl halides is 9. The average molecular weight is 317 g/mol. The van der Waals surface area contributed by atoms with Gasteiger partial charge < -0.3 is 0 Å². The molecule has 1 aromatic carbocycles. The van der Waals surface area contributed by atoms with Crippen molar-refractivity contribution in [2.75, 3.05) is 0 Å². The van der Waals surface area contributed by atoms with Crippen molar-refractivity contribution in [2.24, 2.45) is 0 Å². The maximum Gasteiger partial charge on any atom is 0.418 e. The van der Waals surface area contributed by atoms with E-state index in [9.17, 15) is 39.5 Å². The lowest BCUT2D eigenvalue weighted by molar-refractivity contribution is -0.163. The van der Waals surface area contributed by atoms with Crippen LogP contribution in [0.3, 0.4) is 0 Å². The molecule has 0 saturated carbocycles. The predicted octanol–water partition coefficient (Wildman–Crippen LogP) is 5.40. The lowest BCUT2D eigenvalue weighted by Gasteiger charge is -2.19. The van der Waals surface area contributed by atoms with Crippen LogP contribution in [0, 0.1) is 0 Å². The van der Waals surface area contributed by atoms with Gasteiger partial charge in [-0.3, -0.25) is 0 Å². The lowest BCUT2D eigenvalue weighted by Crippen LogP contribution is -2.19. The molecule has 0 aliphatic heterocycles. The van der Waals surface area contributed by atoms with Crippen LogP contribution in [0.25, 0.3) is 0 Å². The second-order valence-electron chi connectivity index (χ2n) is 3.37. The number of halogens is 10. The summed E-state index contributed by atoms with van der Waals surface area (Å²) in [5.74, 6) is 0. The minimum Gasteiger partial charge on any atom is -0.166 e. The van der Waals surface area contributed by atoms with Crippen LogP contribution in [0.4, 0.5) is 39.5 Å². The fourth-order valence-electron chi connectivity index (χ4n) is 1.28. The molecule has 19 heavy (non-hydrogen) atoms. The molecule has 0 spiro atoms. The highest BCUT2D eigenvalue weighted by Crippen LogP contribution is 2.46. The number of benzene rings is 1. The van der Waals surface area contributed by atoms with E-state index in [0.717, 1.165) is 0 Å². The molecule has 0 saturated heterocycles. The van der Waals surface area contributed by atoms with E-state index in [4.69, 9.17) is 11.6 Å². The first-order valence-corrected chi connectivity index (χ1v) is 4.67. The molecule has 0 fully saturated rings. The van der Waals surface area contributed by atoms with Crippen molar-refractivity contribution < 1.29 is 39.5 Å². The van der Waals surface area contributed by atoms with E-state index < -0.39 is 46.3 Å². The van der Waals surface area contributed by atoms with E-state index in [1.54, 1.807) is 0 Å². The van der Waals surface area contributed by atoms with Crippen molar-refractivity contribution in [3.63, 3.8) is 0 Å². The van der Waals surface area contributed by atoms with Crippen molar-refractivity contribution in [1.29, 1.82) is 0 Å². The van der Waals surface area contributed by atoms with Gasteiger partial charge in [-0.2, -0.15) is 39.5 Å². The third-order valence-corrected chi connectivity index (χ3v) is 2.30. The van der Waals surface area contributed by atoms with E-state index in [0.29, 0.717) is 0 Å². The first-order chi connectivity index (χ1) is 8.24. The fourth-order valence-corrected chi connectivity index (χ4v) is 1.61. The second kappa shape index (κ2) is 4.46. The predicted molar refractivity (Wildman–Crippen MR) is 46.5 cm³/mol. The normalized spacial score (nSPS) is 13.8. The summed E-state index contributed by atoms with van der Waals surface area (Å²) in [4.78, 5) is 0. The number of hydrogen-bond acceptors (Lipinski definition) is 0. The summed E-state index contributed by atoms with van der Waals surface area (Å²) in [6, 6.07) is -0.811. The Labute approximate surface area is 104 Å². The Hall–Kier alpha value is -1.12. The summed E-state index contributed by atoms with van der Waals surface area (Å²) in [7, 11) is 0. The maximum atomic E-state index is 12.4. The Morgan fingerprint density at radius 2 is 1.16 bits per heavy atom. The molecule has 0 radical (unpaired) electrons. The van der Waals surface area contributed by atoms with Crippen molar-refractivity contribution in [1.82, 2.24) is 0 Å². The topological polar surface area (TPSA) is 0 Å². The summed E-state index contributed by atoms with van der Waals surface area (Å²) >= 11 is 4.91. The van der Waals surface area contributed by atoms with Gasteiger partial charge in [-0.05, 0) is 12.1 Å². The van der Waals surface area contributed by atoms with E-state index >= 15 is 0 Å². The number of rotatable bonds is 0. The fraction of sp³-hybridized carbons (Fsp3) is 0.333. The van der Waals surface area contributed by atoms with Crippen molar-refractivity contribution in [3.05, 3.63) is 33.8 Å². The van der Waals surface area contributed by atoms with Crippen LogP contribution in [0.5, 0.6) is 0 Å². The quantitative estimate of drug-likeness (QED) is 0.562. The molecule has 1 aromatic rings. The van der Waals surface area contributed by atoms with Crippen molar-refractivity contribution >= 4 is 11.6 Å². The number of hydrogen-bond donors (Lipinski definition) is 0. The highest BCUT2D eigenvalue weighted by Gasteiger charge is 2.47. The van der Waals surface area contributed by atoms with E-state index in [1.807, 2.05) is 0 Å². The second-order valence-corrected chi connectivity index (χ2v) is 3.78. The Kier molecular flexibility index (Phi) is 3.74. The zero-order valence-electron chi connectivity index (χ0n) is 8.43. The largest absolute Gasteiger partial charge is 0.418 e. The van der Waals surface area contributed by atoms with Crippen LogP contribution in [-0.4, -0.2) is 0 Å². The van der Waals surface area contributed by atoms with Gasteiger partial charge in [0.25, 0.3) is 0 Å². The molecule has 0 bridgehead atoms. The third kappa shape index (κ3) is 3.46. The molecule has 10 heteroatoms. The van der Waals surface area contributed by atoms with Crippen LogP contribution in [0.2, 0.25) is 5.02 Å². The van der Waals surface area contributed by atoms with Crippen molar-refractivity contribution in [3.8, 4) is 0 Å². The standard InChI is InChI=1S/C9H2ClF9/c10-5-2-3(7(11,12)13)1-4(8(14,15)16)6(5)9(17,18)19/h1-2H. The molecular weight excluding hydrogens is 315 g/mol. The molecule has 0 amide bonds. The van der Waals surface area contributed by atoms with E-state index in [1.165, 1.54) is 0 Å². The SMILES string of the molecule is FC(F)(F)c1cc(Cl)c(C(F)(F)F)c(C(F)(F)F)c1. The van der Waals surface area contributed by atoms with Crippen LogP contribution < -0.4 is 0 Å². The molecule has 0 aromatic heterocycles. The summed E-state index contributed by atoms with van der Waals surface area (Å²) in [5.41, 5.74) is -6.72. The zero-order valence-corrected chi connectivity index (χ0v) is 9.19. The first kappa shape index (κ1) is 15.9. The molecule has 1 rings (SSSR count). The monoisotopic (exact) mass is 316 g/mol. The Morgan fingerprint density at radius 1 is 0.684 bits per heavy atom. The van der Waals surface area contributed by atoms with Gasteiger partial charge in [-0.1, -0.05) is 11.6 Å². The average Bonchev–Trinajstić information content (AvgIpc) is 2.11. The lowest BCUT2D eigenvalue weighted by atomic mass is 10.0. The zero-order chi connectivity index (χ0) is 15.2. The van der Waals surface area contributed by atoms with Gasteiger partial charge in [0.15, 0.2) is 0 Å². The van der Waals surface area contributed by atoms with Gasteiger partial charge in [-0.25, -0.2) is 0 Å². The highest BCUT2D eigenvalue weighted by atomic mass is 35.5. The van der Waals surface area contributed by atoms with Gasteiger partial charge in [0.2, 0.25) is 0 Å². The summed E-state index contributed by atoms with van der Waals surface area (Å²) in [6.45, 7) is 0.